The van der Waals surface area contributed by atoms with Crippen molar-refractivity contribution in [3.8, 4) is 0 Å². The molecule has 2 heteroatoms. The molecule has 0 heterocycles. The van der Waals surface area contributed by atoms with Crippen molar-refractivity contribution in [3.63, 3.8) is 0 Å². The Morgan fingerprint density at radius 1 is 1.00 bits per heavy atom. The number of rotatable bonds is 10. The van der Waals surface area contributed by atoms with Gasteiger partial charge in [-0.3, -0.25) is 0 Å². The van der Waals surface area contributed by atoms with Crippen molar-refractivity contribution in [3.05, 3.63) is 0 Å². The van der Waals surface area contributed by atoms with Gasteiger partial charge in [-0.15, -0.1) is 0 Å². The maximum Gasteiger partial charge on any atom is 0.0507 e. The third-order valence-corrected chi connectivity index (χ3v) is 4.15. The van der Waals surface area contributed by atoms with E-state index in [1.54, 1.807) is 0 Å². The molecule has 0 fully saturated rings. The van der Waals surface area contributed by atoms with Crippen molar-refractivity contribution in [1.82, 2.24) is 0 Å². The molecule has 0 bridgehead atoms. The Labute approximate surface area is 117 Å². The molecule has 0 aromatic rings. The van der Waals surface area contributed by atoms with Crippen molar-refractivity contribution in [2.75, 3.05) is 18.5 Å². The van der Waals surface area contributed by atoms with Gasteiger partial charge in [0.1, 0.15) is 0 Å². The van der Waals surface area contributed by atoms with Crippen LogP contribution >= 0.6 is 15.9 Å². The molecule has 0 rings (SSSR count). The smallest absolute Gasteiger partial charge is 0.0507 e. The molecule has 0 aromatic carbocycles. The molecule has 0 aromatic heterocycles. The number of alkyl halides is 1. The van der Waals surface area contributed by atoms with E-state index in [-0.39, 0.29) is 0 Å². The lowest BCUT2D eigenvalue weighted by molar-refractivity contribution is 0.0643. The van der Waals surface area contributed by atoms with Gasteiger partial charge in [0.25, 0.3) is 0 Å². The predicted octanol–water partition coefficient (Wildman–Crippen LogP) is 5.42. The molecule has 0 radical (unpaired) electrons. The standard InChI is InChI=1S/C15H31BrO/c1-5-6-7-8-9-10-11-17-13-14(12-16)15(2,3)4/h14H,5-13H2,1-4H3. The second-order valence-electron chi connectivity index (χ2n) is 6.06. The Hall–Kier alpha value is 0.440. The number of halogens is 1. The van der Waals surface area contributed by atoms with Crippen molar-refractivity contribution in [2.45, 2.75) is 66.2 Å². The zero-order valence-electron chi connectivity index (χ0n) is 12.2. The molecule has 104 valence electrons. The third kappa shape index (κ3) is 10.1. The van der Waals surface area contributed by atoms with Gasteiger partial charge in [0.15, 0.2) is 0 Å². The Kier molecular flexibility index (Phi) is 10.6. The SMILES string of the molecule is CCCCCCCCOCC(CBr)C(C)(C)C. The molecule has 0 saturated carbocycles. The van der Waals surface area contributed by atoms with Gasteiger partial charge in [0, 0.05) is 11.9 Å². The average Bonchev–Trinajstić information content (AvgIpc) is 2.25. The highest BCUT2D eigenvalue weighted by atomic mass is 79.9. The van der Waals surface area contributed by atoms with Gasteiger partial charge in [-0.25, -0.2) is 0 Å². The molecule has 17 heavy (non-hydrogen) atoms. The van der Waals surface area contributed by atoms with Crippen molar-refractivity contribution < 1.29 is 4.74 Å². The summed E-state index contributed by atoms with van der Waals surface area (Å²) >= 11 is 3.58. The highest BCUT2D eigenvalue weighted by Crippen LogP contribution is 2.27. The first-order valence-corrected chi connectivity index (χ1v) is 8.28. The number of hydrogen-bond donors (Lipinski definition) is 0. The summed E-state index contributed by atoms with van der Waals surface area (Å²) in [6.45, 7) is 10.9. The summed E-state index contributed by atoms with van der Waals surface area (Å²) in [6.07, 6.45) is 8.03. The molecular weight excluding hydrogens is 276 g/mol. The first-order chi connectivity index (χ1) is 8.02. The van der Waals surface area contributed by atoms with E-state index in [4.69, 9.17) is 4.74 Å². The van der Waals surface area contributed by atoms with Crippen LogP contribution in [0.25, 0.3) is 0 Å². The molecule has 1 atom stereocenters. The summed E-state index contributed by atoms with van der Waals surface area (Å²) < 4.78 is 5.79. The van der Waals surface area contributed by atoms with E-state index in [1.807, 2.05) is 0 Å². The average molecular weight is 307 g/mol. The molecule has 1 nitrogen and oxygen atoms in total. The van der Waals surface area contributed by atoms with Crippen molar-refractivity contribution in [1.29, 1.82) is 0 Å². The van der Waals surface area contributed by atoms with Gasteiger partial charge in [-0.05, 0) is 17.8 Å². The predicted molar refractivity (Wildman–Crippen MR) is 80.9 cm³/mol. The Morgan fingerprint density at radius 2 is 1.59 bits per heavy atom. The van der Waals surface area contributed by atoms with E-state index in [0.717, 1.165) is 18.5 Å². The second kappa shape index (κ2) is 10.4. The van der Waals surface area contributed by atoms with Gasteiger partial charge in [-0.2, -0.15) is 0 Å². The fourth-order valence-electron chi connectivity index (χ4n) is 1.74. The van der Waals surface area contributed by atoms with Crippen LogP contribution in [0, 0.1) is 11.3 Å². The molecule has 0 N–H and O–H groups in total. The van der Waals surface area contributed by atoms with Crippen LogP contribution in [0.5, 0.6) is 0 Å². The van der Waals surface area contributed by atoms with Gasteiger partial charge >= 0.3 is 0 Å². The van der Waals surface area contributed by atoms with Crippen LogP contribution in [0.2, 0.25) is 0 Å². The molecule has 0 aliphatic rings. The maximum atomic E-state index is 5.79. The lowest BCUT2D eigenvalue weighted by Crippen LogP contribution is -2.26. The minimum Gasteiger partial charge on any atom is -0.381 e. The topological polar surface area (TPSA) is 9.23 Å². The first-order valence-electron chi connectivity index (χ1n) is 7.16. The summed E-state index contributed by atoms with van der Waals surface area (Å²) in [5.74, 6) is 0.614. The van der Waals surface area contributed by atoms with Gasteiger partial charge < -0.3 is 4.74 Å². The highest BCUT2D eigenvalue weighted by molar-refractivity contribution is 9.09. The summed E-state index contributed by atoms with van der Waals surface area (Å²) in [4.78, 5) is 0. The molecular formula is C15H31BrO. The molecule has 0 saturated heterocycles. The second-order valence-corrected chi connectivity index (χ2v) is 6.71. The minimum absolute atomic E-state index is 0.338. The third-order valence-electron chi connectivity index (χ3n) is 3.37. The largest absolute Gasteiger partial charge is 0.381 e. The van der Waals surface area contributed by atoms with Gasteiger partial charge in [0.2, 0.25) is 0 Å². The highest BCUT2D eigenvalue weighted by Gasteiger charge is 2.23. The summed E-state index contributed by atoms with van der Waals surface area (Å²) in [5, 5.41) is 1.03. The van der Waals surface area contributed by atoms with E-state index in [9.17, 15) is 0 Å². The van der Waals surface area contributed by atoms with Gasteiger partial charge in [0.05, 0.1) is 6.61 Å². The van der Waals surface area contributed by atoms with Crippen LogP contribution in [0.3, 0.4) is 0 Å². The van der Waals surface area contributed by atoms with E-state index >= 15 is 0 Å². The Bertz CT molecular complexity index is 163. The molecule has 0 amide bonds. The molecule has 1 unspecified atom stereocenters. The van der Waals surface area contributed by atoms with Crippen LogP contribution in [0.1, 0.15) is 66.2 Å². The van der Waals surface area contributed by atoms with Crippen LogP contribution in [0.15, 0.2) is 0 Å². The molecule has 0 aliphatic carbocycles. The normalized spacial score (nSPS) is 13.9. The monoisotopic (exact) mass is 306 g/mol. The van der Waals surface area contributed by atoms with E-state index in [1.165, 1.54) is 38.5 Å². The van der Waals surface area contributed by atoms with Crippen molar-refractivity contribution in [2.24, 2.45) is 11.3 Å². The molecule has 0 spiro atoms. The zero-order valence-corrected chi connectivity index (χ0v) is 13.8. The van der Waals surface area contributed by atoms with E-state index in [2.05, 4.69) is 43.6 Å². The van der Waals surface area contributed by atoms with E-state index < -0.39 is 0 Å². The first kappa shape index (κ1) is 17.4. The van der Waals surface area contributed by atoms with E-state index in [0.29, 0.717) is 11.3 Å². The number of hydrogen-bond acceptors (Lipinski definition) is 1. The minimum atomic E-state index is 0.338. The van der Waals surface area contributed by atoms with Crippen LogP contribution in [0.4, 0.5) is 0 Å². The van der Waals surface area contributed by atoms with Crippen LogP contribution < -0.4 is 0 Å². The number of ether oxygens (including phenoxy) is 1. The van der Waals surface area contributed by atoms with Crippen LogP contribution in [-0.2, 0) is 4.74 Å². The maximum absolute atomic E-state index is 5.79. The Morgan fingerprint density at radius 3 is 2.12 bits per heavy atom. The summed E-state index contributed by atoms with van der Waals surface area (Å²) in [7, 11) is 0. The molecule has 0 aliphatic heterocycles. The zero-order chi connectivity index (χ0) is 13.1. The summed E-state index contributed by atoms with van der Waals surface area (Å²) in [6, 6.07) is 0. The fraction of sp³-hybridized carbons (Fsp3) is 1.00. The Balaban J connectivity index is 3.38. The lowest BCUT2D eigenvalue weighted by atomic mass is 9.83. The fourth-order valence-corrected chi connectivity index (χ4v) is 2.89. The summed E-state index contributed by atoms with van der Waals surface area (Å²) in [5.41, 5.74) is 0.338. The quantitative estimate of drug-likeness (QED) is 0.387. The number of unbranched alkanes of at least 4 members (excludes halogenated alkanes) is 5. The van der Waals surface area contributed by atoms with Gasteiger partial charge in [-0.1, -0.05) is 75.7 Å². The van der Waals surface area contributed by atoms with Crippen LogP contribution in [-0.4, -0.2) is 18.5 Å². The lowest BCUT2D eigenvalue weighted by Gasteiger charge is -2.28. The van der Waals surface area contributed by atoms with Crippen molar-refractivity contribution >= 4 is 15.9 Å².